The number of aromatic nitrogens is 2. The highest BCUT2D eigenvalue weighted by Gasteiger charge is 2.15. The van der Waals surface area contributed by atoms with Crippen molar-refractivity contribution in [2.24, 2.45) is 5.73 Å². The van der Waals surface area contributed by atoms with Crippen LogP contribution >= 0.6 is 0 Å². The van der Waals surface area contributed by atoms with Gasteiger partial charge in [0.05, 0.1) is 5.52 Å². The molecule has 1 aromatic heterocycles. The summed E-state index contributed by atoms with van der Waals surface area (Å²) < 4.78 is 5.45. The van der Waals surface area contributed by atoms with Crippen molar-refractivity contribution in [2.75, 3.05) is 37.7 Å². The number of nitrogens with two attached hydrogens (primary N) is 1. The minimum atomic E-state index is -0.495. The van der Waals surface area contributed by atoms with Crippen molar-refractivity contribution < 1.29 is 9.53 Å². The summed E-state index contributed by atoms with van der Waals surface area (Å²) in [6, 6.07) is 3.86. The highest BCUT2D eigenvalue weighted by Crippen LogP contribution is 2.29. The SMILES string of the molecule is Cc1cc2c(N3CCCNCC3)ncnc2cc1OCC(N)=O. The summed E-state index contributed by atoms with van der Waals surface area (Å²) in [7, 11) is 0. The molecule has 0 aliphatic carbocycles. The van der Waals surface area contributed by atoms with E-state index in [2.05, 4.69) is 20.2 Å². The molecule has 0 saturated carbocycles. The first-order valence-electron chi connectivity index (χ1n) is 7.77. The summed E-state index contributed by atoms with van der Waals surface area (Å²) in [5.74, 6) is 1.08. The van der Waals surface area contributed by atoms with E-state index >= 15 is 0 Å². The van der Waals surface area contributed by atoms with E-state index in [1.807, 2.05) is 19.1 Å². The molecule has 1 amide bonds. The predicted octanol–water partition coefficient (Wildman–Crippen LogP) is 0.602. The molecule has 7 nitrogen and oxygen atoms in total. The lowest BCUT2D eigenvalue weighted by molar-refractivity contribution is -0.119. The summed E-state index contributed by atoms with van der Waals surface area (Å²) >= 11 is 0. The summed E-state index contributed by atoms with van der Waals surface area (Å²) in [5.41, 5.74) is 6.87. The van der Waals surface area contributed by atoms with E-state index in [1.54, 1.807) is 6.33 Å². The van der Waals surface area contributed by atoms with Crippen molar-refractivity contribution in [1.82, 2.24) is 15.3 Å². The van der Waals surface area contributed by atoms with Gasteiger partial charge in [-0.15, -0.1) is 0 Å². The zero-order valence-electron chi connectivity index (χ0n) is 13.2. The number of anilines is 1. The Morgan fingerprint density at radius 2 is 2.22 bits per heavy atom. The van der Waals surface area contributed by atoms with Gasteiger partial charge in [-0.3, -0.25) is 4.79 Å². The second-order valence-corrected chi connectivity index (χ2v) is 5.68. The van der Waals surface area contributed by atoms with Crippen LogP contribution in [0.5, 0.6) is 5.75 Å². The summed E-state index contributed by atoms with van der Waals surface area (Å²) in [5, 5.41) is 4.39. The first-order valence-corrected chi connectivity index (χ1v) is 7.77. The number of amides is 1. The van der Waals surface area contributed by atoms with Crippen LogP contribution in [0, 0.1) is 6.92 Å². The summed E-state index contributed by atoms with van der Waals surface area (Å²) in [6.07, 6.45) is 2.66. The minimum Gasteiger partial charge on any atom is -0.483 e. The van der Waals surface area contributed by atoms with Crippen LogP contribution in [0.2, 0.25) is 0 Å². The Kier molecular flexibility index (Phi) is 4.57. The minimum absolute atomic E-state index is 0.137. The molecule has 3 N–H and O–H groups in total. The summed E-state index contributed by atoms with van der Waals surface area (Å²) in [4.78, 5) is 22.0. The van der Waals surface area contributed by atoms with Crippen molar-refractivity contribution in [3.05, 3.63) is 24.0 Å². The molecule has 0 atom stereocenters. The van der Waals surface area contributed by atoms with Crippen molar-refractivity contribution in [3.63, 3.8) is 0 Å². The third kappa shape index (κ3) is 3.50. The van der Waals surface area contributed by atoms with Crippen molar-refractivity contribution in [3.8, 4) is 5.75 Å². The maximum absolute atomic E-state index is 10.9. The van der Waals surface area contributed by atoms with Gasteiger partial charge in [0.1, 0.15) is 17.9 Å². The van der Waals surface area contributed by atoms with E-state index in [0.717, 1.165) is 54.9 Å². The molecule has 2 aromatic rings. The highest BCUT2D eigenvalue weighted by molar-refractivity contribution is 5.91. The molecule has 23 heavy (non-hydrogen) atoms. The first kappa shape index (κ1) is 15.5. The zero-order chi connectivity index (χ0) is 16.2. The fourth-order valence-corrected chi connectivity index (χ4v) is 2.79. The standard InChI is InChI=1S/C16H21N5O2/c1-11-7-12-13(8-14(11)23-9-15(17)22)19-10-20-16(12)21-5-2-3-18-4-6-21/h7-8,10,18H,2-6,9H2,1H3,(H2,17,22). The number of carbonyl (C=O) groups excluding carboxylic acids is 1. The van der Waals surface area contributed by atoms with E-state index in [-0.39, 0.29) is 6.61 Å². The second kappa shape index (κ2) is 6.78. The number of nitrogens with zero attached hydrogens (tertiary/aromatic N) is 3. The molecule has 1 fully saturated rings. The number of carbonyl (C=O) groups is 1. The molecule has 0 spiro atoms. The van der Waals surface area contributed by atoms with Crippen molar-refractivity contribution in [1.29, 1.82) is 0 Å². The van der Waals surface area contributed by atoms with Gasteiger partial charge in [-0.2, -0.15) is 0 Å². The first-order chi connectivity index (χ1) is 11.1. The van der Waals surface area contributed by atoms with Crippen LogP contribution in [-0.4, -0.2) is 48.7 Å². The Labute approximate surface area is 134 Å². The molecule has 0 radical (unpaired) electrons. The molecular weight excluding hydrogens is 294 g/mol. The number of primary amides is 1. The highest BCUT2D eigenvalue weighted by atomic mass is 16.5. The fourth-order valence-electron chi connectivity index (χ4n) is 2.79. The van der Waals surface area contributed by atoms with Crippen molar-refractivity contribution >= 4 is 22.6 Å². The molecule has 0 unspecified atom stereocenters. The molecule has 2 heterocycles. The van der Waals surface area contributed by atoms with Gasteiger partial charge in [-0.25, -0.2) is 9.97 Å². The molecule has 1 aromatic carbocycles. The zero-order valence-corrected chi connectivity index (χ0v) is 13.2. The lowest BCUT2D eigenvalue weighted by atomic mass is 10.1. The third-order valence-electron chi connectivity index (χ3n) is 3.92. The van der Waals surface area contributed by atoms with Gasteiger partial charge in [-0.1, -0.05) is 0 Å². The lowest BCUT2D eigenvalue weighted by Gasteiger charge is -2.22. The average molecular weight is 315 g/mol. The number of fused-ring (bicyclic) bond motifs is 1. The molecule has 1 saturated heterocycles. The van der Waals surface area contributed by atoms with Gasteiger partial charge in [-0.05, 0) is 31.5 Å². The topological polar surface area (TPSA) is 93.4 Å². The van der Waals surface area contributed by atoms with E-state index in [1.165, 1.54) is 0 Å². The normalized spacial score (nSPS) is 15.4. The predicted molar refractivity (Wildman–Crippen MR) is 88.7 cm³/mol. The van der Waals surface area contributed by atoms with E-state index < -0.39 is 5.91 Å². The number of hydrogen-bond acceptors (Lipinski definition) is 6. The van der Waals surface area contributed by atoms with Gasteiger partial charge in [0.15, 0.2) is 6.61 Å². The van der Waals surface area contributed by atoms with Crippen LogP contribution in [0.3, 0.4) is 0 Å². The van der Waals surface area contributed by atoms with Crippen LogP contribution < -0.4 is 20.7 Å². The third-order valence-corrected chi connectivity index (χ3v) is 3.92. The van der Waals surface area contributed by atoms with Crippen LogP contribution in [0.25, 0.3) is 10.9 Å². The fraction of sp³-hybridized carbons (Fsp3) is 0.438. The number of hydrogen-bond donors (Lipinski definition) is 2. The second-order valence-electron chi connectivity index (χ2n) is 5.68. The Morgan fingerprint density at radius 1 is 1.35 bits per heavy atom. The van der Waals surface area contributed by atoms with Crippen LogP contribution in [0.1, 0.15) is 12.0 Å². The van der Waals surface area contributed by atoms with Gasteiger partial charge in [0.2, 0.25) is 0 Å². The van der Waals surface area contributed by atoms with Crippen LogP contribution in [0.4, 0.5) is 5.82 Å². The molecule has 7 heteroatoms. The number of benzene rings is 1. The van der Waals surface area contributed by atoms with E-state index in [0.29, 0.717) is 5.75 Å². The summed E-state index contributed by atoms with van der Waals surface area (Å²) in [6.45, 7) is 5.68. The molecule has 0 bridgehead atoms. The number of ether oxygens (including phenoxy) is 1. The monoisotopic (exact) mass is 315 g/mol. The molecule has 1 aliphatic rings. The Balaban J connectivity index is 1.97. The Bertz CT molecular complexity index is 711. The van der Waals surface area contributed by atoms with Gasteiger partial charge >= 0.3 is 0 Å². The molecule has 1 aliphatic heterocycles. The van der Waals surface area contributed by atoms with Gasteiger partial charge in [0, 0.05) is 31.1 Å². The maximum Gasteiger partial charge on any atom is 0.255 e. The van der Waals surface area contributed by atoms with Gasteiger partial charge < -0.3 is 20.7 Å². The molecule has 3 rings (SSSR count). The molecular formula is C16H21N5O2. The Hall–Kier alpha value is -2.41. The smallest absolute Gasteiger partial charge is 0.255 e. The quantitative estimate of drug-likeness (QED) is 0.858. The number of nitrogens with one attached hydrogen (secondary N) is 1. The van der Waals surface area contributed by atoms with Gasteiger partial charge in [0.25, 0.3) is 5.91 Å². The maximum atomic E-state index is 10.9. The lowest BCUT2D eigenvalue weighted by Crippen LogP contribution is -2.28. The van der Waals surface area contributed by atoms with Crippen molar-refractivity contribution in [2.45, 2.75) is 13.3 Å². The molecule has 122 valence electrons. The van der Waals surface area contributed by atoms with Crippen LogP contribution in [-0.2, 0) is 4.79 Å². The van der Waals surface area contributed by atoms with E-state index in [9.17, 15) is 4.79 Å². The Morgan fingerprint density at radius 3 is 3.04 bits per heavy atom. The number of aryl methyl sites for hydroxylation is 1. The number of rotatable bonds is 4. The largest absolute Gasteiger partial charge is 0.483 e. The van der Waals surface area contributed by atoms with Crippen LogP contribution in [0.15, 0.2) is 18.5 Å². The van der Waals surface area contributed by atoms with E-state index in [4.69, 9.17) is 10.5 Å². The average Bonchev–Trinajstić information content (AvgIpc) is 2.81.